The third-order valence-corrected chi connectivity index (χ3v) is 4.14. The highest BCUT2D eigenvalue weighted by atomic mass is 32.2. The monoisotopic (exact) mass is 323 g/mol. The van der Waals surface area contributed by atoms with Crippen molar-refractivity contribution in [3.05, 3.63) is 59.7 Å². The van der Waals surface area contributed by atoms with Crippen LogP contribution in [0.1, 0.15) is 22.8 Å². The zero-order valence-electron chi connectivity index (χ0n) is 13.3. The normalized spacial score (nSPS) is 9.70. The smallest absolute Gasteiger partial charge is 0.303 e. The molecule has 0 saturated heterocycles. The first-order valence-electron chi connectivity index (χ1n) is 7.06. The number of nitrogens with zero attached hydrogens (tertiary/aromatic N) is 1. The predicted molar refractivity (Wildman–Crippen MR) is 95.0 cm³/mol. The molecule has 0 radical (unpaired) electrons. The largest absolute Gasteiger partial charge is 0.304 e. The lowest BCUT2D eigenvalue weighted by molar-refractivity contribution is -0.113. The molecule has 2 aromatic carbocycles. The number of amides is 1. The van der Waals surface area contributed by atoms with Gasteiger partial charge in [0.25, 0.3) is 0 Å². The predicted octanol–water partition coefficient (Wildman–Crippen LogP) is 3.63. The van der Waals surface area contributed by atoms with E-state index in [-0.39, 0.29) is 11.7 Å². The highest BCUT2D eigenvalue weighted by molar-refractivity contribution is 7.98. The Morgan fingerprint density at radius 1 is 1.04 bits per heavy atom. The third-order valence-electron chi connectivity index (χ3n) is 3.36. The third kappa shape index (κ3) is 4.24. The summed E-state index contributed by atoms with van der Waals surface area (Å²) in [6.07, 6.45) is 1.97. The highest BCUT2D eigenvalue weighted by Crippen LogP contribution is 2.27. The molecule has 0 aliphatic heterocycles. The number of anilines is 1. The van der Waals surface area contributed by atoms with Crippen molar-refractivity contribution in [3.8, 4) is 11.8 Å². The lowest BCUT2D eigenvalue weighted by Crippen LogP contribution is -2.25. The van der Waals surface area contributed by atoms with E-state index in [4.69, 9.17) is 0 Å². The molecule has 2 rings (SSSR count). The molecule has 0 bridgehead atoms. The van der Waals surface area contributed by atoms with Crippen LogP contribution in [0.2, 0.25) is 0 Å². The molecule has 0 aromatic heterocycles. The summed E-state index contributed by atoms with van der Waals surface area (Å²) in [5, 5.41) is 0. The molecule has 2 aromatic rings. The van der Waals surface area contributed by atoms with Gasteiger partial charge in [0.1, 0.15) is 0 Å². The quantitative estimate of drug-likeness (QED) is 0.492. The minimum atomic E-state index is -0.276. The Morgan fingerprint density at radius 3 is 2.30 bits per heavy atom. The molecule has 116 valence electrons. The van der Waals surface area contributed by atoms with Crippen molar-refractivity contribution in [3.63, 3.8) is 0 Å². The van der Waals surface area contributed by atoms with E-state index in [2.05, 4.69) is 11.8 Å². The van der Waals surface area contributed by atoms with Crippen LogP contribution in [-0.4, -0.2) is 25.0 Å². The van der Waals surface area contributed by atoms with Gasteiger partial charge in [0, 0.05) is 29.0 Å². The number of benzene rings is 2. The Hall–Kier alpha value is -2.51. The SMILES string of the molecule is CSc1ccccc1N(C)C(=O)C#Cc1ccc(C(C)=O)cc1. The second-order valence-electron chi connectivity index (χ2n) is 4.92. The first-order valence-corrected chi connectivity index (χ1v) is 8.29. The van der Waals surface area contributed by atoms with Crippen LogP contribution < -0.4 is 4.90 Å². The van der Waals surface area contributed by atoms with Gasteiger partial charge in [0.05, 0.1) is 5.69 Å². The first kappa shape index (κ1) is 16.9. The van der Waals surface area contributed by atoms with E-state index in [1.165, 1.54) is 6.92 Å². The molecule has 0 fully saturated rings. The van der Waals surface area contributed by atoms with Crippen LogP contribution in [0.25, 0.3) is 0 Å². The molecule has 0 unspecified atom stereocenters. The van der Waals surface area contributed by atoms with Crippen LogP contribution >= 0.6 is 11.8 Å². The fourth-order valence-electron chi connectivity index (χ4n) is 2.01. The number of ketones is 1. The van der Waals surface area contributed by atoms with Gasteiger partial charge in [-0.2, -0.15) is 0 Å². The van der Waals surface area contributed by atoms with Crippen molar-refractivity contribution in [2.45, 2.75) is 11.8 Å². The molecule has 0 aliphatic rings. The summed E-state index contributed by atoms with van der Waals surface area (Å²) < 4.78 is 0. The van der Waals surface area contributed by atoms with Gasteiger partial charge in [0.2, 0.25) is 0 Å². The van der Waals surface area contributed by atoms with E-state index in [1.807, 2.05) is 30.5 Å². The van der Waals surface area contributed by atoms with E-state index >= 15 is 0 Å². The number of thioether (sulfide) groups is 1. The average Bonchev–Trinajstić information content (AvgIpc) is 2.59. The second kappa shape index (κ2) is 7.66. The molecule has 0 saturated carbocycles. The first-order chi connectivity index (χ1) is 11.0. The summed E-state index contributed by atoms with van der Waals surface area (Å²) in [6, 6.07) is 14.6. The maximum atomic E-state index is 12.2. The molecule has 0 atom stereocenters. The van der Waals surface area contributed by atoms with Crippen LogP contribution in [0.5, 0.6) is 0 Å². The Balaban J connectivity index is 2.17. The maximum absolute atomic E-state index is 12.2. The number of hydrogen-bond acceptors (Lipinski definition) is 3. The Bertz CT molecular complexity index is 785. The number of rotatable bonds is 3. The molecule has 0 aliphatic carbocycles. The fraction of sp³-hybridized carbons (Fsp3) is 0.158. The lowest BCUT2D eigenvalue weighted by atomic mass is 10.1. The minimum absolute atomic E-state index is 0.00833. The van der Waals surface area contributed by atoms with Gasteiger partial charge in [-0.25, -0.2) is 0 Å². The fourth-order valence-corrected chi connectivity index (χ4v) is 2.64. The van der Waals surface area contributed by atoms with Crippen LogP contribution in [0.3, 0.4) is 0 Å². The number of hydrogen-bond donors (Lipinski definition) is 0. The zero-order chi connectivity index (χ0) is 16.8. The number of carbonyl (C=O) groups is 2. The highest BCUT2D eigenvalue weighted by Gasteiger charge is 2.11. The van der Waals surface area contributed by atoms with Crippen molar-refractivity contribution in [2.24, 2.45) is 0 Å². The van der Waals surface area contributed by atoms with E-state index in [9.17, 15) is 9.59 Å². The number of para-hydroxylation sites is 1. The van der Waals surface area contributed by atoms with E-state index in [1.54, 1.807) is 48.0 Å². The zero-order valence-corrected chi connectivity index (χ0v) is 14.1. The van der Waals surface area contributed by atoms with Crippen LogP contribution in [-0.2, 0) is 4.79 Å². The number of carbonyl (C=O) groups excluding carboxylic acids is 2. The van der Waals surface area contributed by atoms with E-state index in [0.717, 1.165) is 10.6 Å². The van der Waals surface area contributed by atoms with Gasteiger partial charge < -0.3 is 4.90 Å². The van der Waals surface area contributed by atoms with Crippen molar-refractivity contribution in [1.82, 2.24) is 0 Å². The summed E-state index contributed by atoms with van der Waals surface area (Å²) in [4.78, 5) is 26.0. The minimum Gasteiger partial charge on any atom is -0.304 e. The van der Waals surface area contributed by atoms with Crippen LogP contribution in [0, 0.1) is 11.8 Å². The molecular formula is C19H17NO2S. The second-order valence-corrected chi connectivity index (χ2v) is 5.77. The van der Waals surface area contributed by atoms with Gasteiger partial charge in [-0.15, -0.1) is 11.8 Å². The van der Waals surface area contributed by atoms with Gasteiger partial charge in [0.15, 0.2) is 5.78 Å². The molecule has 0 N–H and O–H groups in total. The Labute approximate surface area is 140 Å². The number of Topliss-reactive ketones (excluding diaryl/α,β-unsaturated/α-hetero) is 1. The lowest BCUT2D eigenvalue weighted by Gasteiger charge is -2.17. The van der Waals surface area contributed by atoms with Crippen molar-refractivity contribution >= 4 is 29.1 Å². The molecular weight excluding hydrogens is 306 g/mol. The van der Waals surface area contributed by atoms with Crippen molar-refractivity contribution in [2.75, 3.05) is 18.2 Å². The Kier molecular flexibility index (Phi) is 5.61. The van der Waals surface area contributed by atoms with Gasteiger partial charge in [-0.05, 0) is 37.4 Å². The molecule has 3 nitrogen and oxygen atoms in total. The van der Waals surface area contributed by atoms with E-state index < -0.39 is 0 Å². The topological polar surface area (TPSA) is 37.4 Å². The van der Waals surface area contributed by atoms with E-state index in [0.29, 0.717) is 11.1 Å². The van der Waals surface area contributed by atoms with Crippen LogP contribution in [0.15, 0.2) is 53.4 Å². The molecule has 4 heteroatoms. The summed E-state index contributed by atoms with van der Waals surface area (Å²) in [5.74, 6) is 5.21. The molecule has 0 heterocycles. The molecule has 1 amide bonds. The standard InChI is InChI=1S/C19H17NO2S/c1-14(21)16-11-8-15(9-12-16)10-13-19(22)20(2)17-6-4-5-7-18(17)23-3/h4-9,11-12H,1-3H3. The van der Waals surface area contributed by atoms with Gasteiger partial charge >= 0.3 is 5.91 Å². The van der Waals surface area contributed by atoms with Crippen LogP contribution in [0.4, 0.5) is 5.69 Å². The summed E-state index contributed by atoms with van der Waals surface area (Å²) >= 11 is 1.59. The molecule has 23 heavy (non-hydrogen) atoms. The summed E-state index contributed by atoms with van der Waals surface area (Å²) in [5.41, 5.74) is 2.18. The van der Waals surface area contributed by atoms with Gasteiger partial charge in [-0.3, -0.25) is 9.59 Å². The summed E-state index contributed by atoms with van der Waals surface area (Å²) in [6.45, 7) is 1.52. The average molecular weight is 323 g/mol. The van der Waals surface area contributed by atoms with Crippen molar-refractivity contribution < 1.29 is 9.59 Å². The summed E-state index contributed by atoms with van der Waals surface area (Å²) in [7, 11) is 1.71. The maximum Gasteiger partial charge on any atom is 0.303 e. The molecule has 0 spiro atoms. The Morgan fingerprint density at radius 2 is 1.70 bits per heavy atom. The van der Waals surface area contributed by atoms with Crippen molar-refractivity contribution in [1.29, 1.82) is 0 Å². The van der Waals surface area contributed by atoms with Gasteiger partial charge in [-0.1, -0.05) is 30.2 Å².